The fourth-order valence-electron chi connectivity index (χ4n) is 4.09. The van der Waals surface area contributed by atoms with Gasteiger partial charge in [0.2, 0.25) is 5.91 Å². The second kappa shape index (κ2) is 9.66. The number of rotatable bonds is 6. The van der Waals surface area contributed by atoms with Crippen LogP contribution in [-0.2, 0) is 4.79 Å². The second-order valence-corrected chi connectivity index (χ2v) is 7.98. The van der Waals surface area contributed by atoms with Crippen molar-refractivity contribution in [1.82, 2.24) is 4.90 Å². The molecule has 1 saturated heterocycles. The zero-order chi connectivity index (χ0) is 22.5. The van der Waals surface area contributed by atoms with Crippen LogP contribution in [0.5, 0.6) is 5.75 Å². The minimum atomic E-state index is -0.431. The van der Waals surface area contributed by atoms with Crippen LogP contribution in [0.3, 0.4) is 0 Å². The zero-order valence-corrected chi connectivity index (χ0v) is 18.1. The summed E-state index contributed by atoms with van der Waals surface area (Å²) in [6, 6.07) is 23.6. The quantitative estimate of drug-likeness (QED) is 0.578. The maximum absolute atomic E-state index is 13.4. The van der Waals surface area contributed by atoms with Gasteiger partial charge in [0.15, 0.2) is 5.78 Å². The molecule has 0 aliphatic carbocycles. The number of hydrogen-bond acceptors (Lipinski definition) is 5. The minimum Gasteiger partial charge on any atom is -0.508 e. The van der Waals surface area contributed by atoms with Crippen LogP contribution in [0.15, 0.2) is 78.9 Å². The van der Waals surface area contributed by atoms with E-state index in [0.717, 1.165) is 37.4 Å². The monoisotopic (exact) mass is 429 g/mol. The summed E-state index contributed by atoms with van der Waals surface area (Å²) in [6.07, 6.45) is 0. The van der Waals surface area contributed by atoms with E-state index in [1.54, 1.807) is 36.4 Å². The molecular weight excluding hydrogens is 402 g/mol. The number of amides is 1. The zero-order valence-electron chi connectivity index (χ0n) is 18.1. The van der Waals surface area contributed by atoms with Crippen molar-refractivity contribution < 1.29 is 14.7 Å². The molecule has 4 rings (SSSR count). The average molecular weight is 430 g/mol. The predicted octanol–water partition coefficient (Wildman–Crippen LogP) is 4.10. The molecule has 1 amide bonds. The maximum atomic E-state index is 13.4. The number of phenols is 1. The lowest BCUT2D eigenvalue weighted by Gasteiger charge is -2.39. The van der Waals surface area contributed by atoms with Gasteiger partial charge in [0, 0.05) is 43.1 Å². The average Bonchev–Trinajstić information content (AvgIpc) is 2.81. The Kier molecular flexibility index (Phi) is 6.52. The van der Waals surface area contributed by atoms with Gasteiger partial charge in [-0.15, -0.1) is 0 Å². The van der Waals surface area contributed by atoms with Crippen molar-refractivity contribution in [2.24, 2.45) is 0 Å². The number of nitrogens with zero attached hydrogens (tertiary/aromatic N) is 2. The summed E-state index contributed by atoms with van der Waals surface area (Å²) in [5, 5.41) is 12.5. The van der Waals surface area contributed by atoms with Crippen molar-refractivity contribution in [1.29, 1.82) is 0 Å². The molecule has 1 aliphatic rings. The standard InChI is InChI=1S/C26H27N3O3/c1-19(30)21-8-5-9-22(18-21)27-26(32)25(20-6-3-2-4-7-20)29-16-14-28(15-17-29)23-10-12-24(31)13-11-23/h2-13,18,25,31H,14-17H2,1H3,(H,27,32). The minimum absolute atomic E-state index is 0.0361. The fraction of sp³-hybridized carbons (Fsp3) is 0.231. The Hall–Kier alpha value is -3.64. The van der Waals surface area contributed by atoms with Crippen molar-refractivity contribution in [3.63, 3.8) is 0 Å². The van der Waals surface area contributed by atoms with E-state index < -0.39 is 6.04 Å². The van der Waals surface area contributed by atoms with Gasteiger partial charge in [-0.1, -0.05) is 42.5 Å². The Morgan fingerprint density at radius 2 is 1.56 bits per heavy atom. The van der Waals surface area contributed by atoms with Crippen molar-refractivity contribution in [3.8, 4) is 5.75 Å². The Morgan fingerprint density at radius 3 is 2.22 bits per heavy atom. The first-order valence-corrected chi connectivity index (χ1v) is 10.8. The number of phenolic OH excluding ortho intramolecular Hbond substituents is 1. The Bertz CT molecular complexity index is 1070. The highest BCUT2D eigenvalue weighted by molar-refractivity contribution is 5.98. The molecule has 1 atom stereocenters. The van der Waals surface area contributed by atoms with Crippen LogP contribution in [0.2, 0.25) is 0 Å². The first kappa shape index (κ1) is 21.6. The molecule has 0 saturated carbocycles. The smallest absolute Gasteiger partial charge is 0.246 e. The lowest BCUT2D eigenvalue weighted by Crippen LogP contribution is -2.50. The highest BCUT2D eigenvalue weighted by Crippen LogP contribution is 2.27. The molecule has 0 aromatic heterocycles. The first-order chi connectivity index (χ1) is 15.5. The number of piperazine rings is 1. The lowest BCUT2D eigenvalue weighted by atomic mass is 10.0. The number of nitrogens with one attached hydrogen (secondary N) is 1. The number of hydrogen-bond donors (Lipinski definition) is 2. The number of carbonyl (C=O) groups excluding carboxylic acids is 2. The Morgan fingerprint density at radius 1 is 0.875 bits per heavy atom. The van der Waals surface area contributed by atoms with Gasteiger partial charge in [-0.25, -0.2) is 0 Å². The van der Waals surface area contributed by atoms with E-state index in [2.05, 4.69) is 15.1 Å². The third-order valence-electron chi connectivity index (χ3n) is 5.79. The number of anilines is 2. The molecule has 164 valence electrons. The summed E-state index contributed by atoms with van der Waals surface area (Å²) in [7, 11) is 0. The largest absolute Gasteiger partial charge is 0.508 e. The molecule has 1 aliphatic heterocycles. The van der Waals surface area contributed by atoms with Gasteiger partial charge in [-0.3, -0.25) is 14.5 Å². The molecule has 0 bridgehead atoms. The molecule has 3 aromatic rings. The van der Waals surface area contributed by atoms with E-state index in [-0.39, 0.29) is 17.4 Å². The molecule has 0 radical (unpaired) electrons. The van der Waals surface area contributed by atoms with Crippen LogP contribution in [-0.4, -0.2) is 47.9 Å². The van der Waals surface area contributed by atoms with Gasteiger partial charge in [0.1, 0.15) is 11.8 Å². The van der Waals surface area contributed by atoms with Crippen molar-refractivity contribution >= 4 is 23.1 Å². The van der Waals surface area contributed by atoms with Gasteiger partial charge in [-0.2, -0.15) is 0 Å². The summed E-state index contributed by atoms with van der Waals surface area (Å²) in [6.45, 7) is 4.52. The molecule has 0 spiro atoms. The fourth-order valence-corrected chi connectivity index (χ4v) is 4.09. The van der Waals surface area contributed by atoms with E-state index >= 15 is 0 Å². The summed E-state index contributed by atoms with van der Waals surface area (Å²) in [5.74, 6) is 0.100. The molecule has 1 heterocycles. The molecule has 1 fully saturated rings. The van der Waals surface area contributed by atoms with Crippen molar-refractivity contribution in [3.05, 3.63) is 90.0 Å². The highest BCUT2D eigenvalue weighted by Gasteiger charge is 2.30. The summed E-state index contributed by atoms with van der Waals surface area (Å²) >= 11 is 0. The van der Waals surface area contributed by atoms with Crippen molar-refractivity contribution in [2.45, 2.75) is 13.0 Å². The van der Waals surface area contributed by atoms with Crippen LogP contribution >= 0.6 is 0 Å². The van der Waals surface area contributed by atoms with Crippen LogP contribution < -0.4 is 10.2 Å². The van der Waals surface area contributed by atoms with Gasteiger partial charge in [0.25, 0.3) is 0 Å². The number of carbonyl (C=O) groups is 2. The van der Waals surface area contributed by atoms with Gasteiger partial charge >= 0.3 is 0 Å². The lowest BCUT2D eigenvalue weighted by molar-refractivity contribution is -0.121. The van der Waals surface area contributed by atoms with E-state index in [0.29, 0.717) is 11.3 Å². The van der Waals surface area contributed by atoms with E-state index in [1.165, 1.54) is 6.92 Å². The van der Waals surface area contributed by atoms with Gasteiger partial charge < -0.3 is 15.3 Å². The van der Waals surface area contributed by atoms with E-state index in [4.69, 9.17) is 0 Å². The first-order valence-electron chi connectivity index (χ1n) is 10.8. The van der Waals surface area contributed by atoms with Crippen LogP contribution in [0.1, 0.15) is 28.9 Å². The topological polar surface area (TPSA) is 72.9 Å². The molecule has 2 N–H and O–H groups in total. The SMILES string of the molecule is CC(=O)c1cccc(NC(=O)C(c2ccccc2)N2CCN(c3ccc(O)cc3)CC2)c1. The summed E-state index contributed by atoms with van der Waals surface area (Å²) < 4.78 is 0. The van der Waals surface area contributed by atoms with Crippen LogP contribution in [0.25, 0.3) is 0 Å². The van der Waals surface area contributed by atoms with Crippen molar-refractivity contribution in [2.75, 3.05) is 36.4 Å². The number of aromatic hydroxyl groups is 1. The summed E-state index contributed by atoms with van der Waals surface area (Å²) in [5.41, 5.74) is 3.18. The van der Waals surface area contributed by atoms with Crippen LogP contribution in [0, 0.1) is 0 Å². The molecule has 32 heavy (non-hydrogen) atoms. The predicted molar refractivity (Wildman–Crippen MR) is 126 cm³/mol. The second-order valence-electron chi connectivity index (χ2n) is 7.98. The normalized spacial score (nSPS) is 15.2. The number of Topliss-reactive ketones (excluding diaryl/α,β-unsaturated/α-hetero) is 1. The van der Waals surface area contributed by atoms with E-state index in [9.17, 15) is 14.7 Å². The Balaban J connectivity index is 1.51. The molecule has 6 heteroatoms. The number of benzene rings is 3. The third kappa shape index (κ3) is 4.98. The van der Waals surface area contributed by atoms with Gasteiger partial charge in [-0.05, 0) is 48.9 Å². The number of ketones is 1. The molecule has 3 aromatic carbocycles. The third-order valence-corrected chi connectivity index (χ3v) is 5.79. The van der Waals surface area contributed by atoms with Crippen LogP contribution in [0.4, 0.5) is 11.4 Å². The molecule has 1 unspecified atom stereocenters. The maximum Gasteiger partial charge on any atom is 0.246 e. The summed E-state index contributed by atoms with van der Waals surface area (Å²) in [4.78, 5) is 29.6. The molecule has 6 nitrogen and oxygen atoms in total. The van der Waals surface area contributed by atoms with E-state index in [1.807, 2.05) is 42.5 Å². The Labute approximate surface area is 188 Å². The van der Waals surface area contributed by atoms with Gasteiger partial charge in [0.05, 0.1) is 0 Å². The highest BCUT2D eigenvalue weighted by atomic mass is 16.3. The molecular formula is C26H27N3O3.